The lowest BCUT2D eigenvalue weighted by atomic mass is 10.1. The van der Waals surface area contributed by atoms with E-state index in [1.54, 1.807) is 7.11 Å². The second-order valence-corrected chi connectivity index (χ2v) is 4.18. The molecular weight excluding hydrogens is 216 g/mol. The van der Waals surface area contributed by atoms with Gasteiger partial charge in [-0.2, -0.15) is 0 Å². The van der Waals surface area contributed by atoms with Gasteiger partial charge in [0.15, 0.2) is 0 Å². The van der Waals surface area contributed by atoms with Gasteiger partial charge >= 0.3 is 0 Å². The Labute approximate surface area is 80.9 Å². The molecule has 1 nitrogen and oxygen atoms in total. The Morgan fingerprint density at radius 2 is 2.33 bits per heavy atom. The molecule has 64 valence electrons. The highest BCUT2D eigenvalue weighted by Crippen LogP contribution is 2.39. The number of hydrogen-bond donors (Lipinski definition) is 0. The lowest BCUT2D eigenvalue weighted by Crippen LogP contribution is -1.87. The van der Waals surface area contributed by atoms with Crippen molar-refractivity contribution in [2.45, 2.75) is 17.7 Å². The van der Waals surface area contributed by atoms with Gasteiger partial charge in [0.25, 0.3) is 0 Å². The van der Waals surface area contributed by atoms with E-state index in [0.717, 1.165) is 5.75 Å². The molecule has 2 rings (SSSR count). The molecule has 2 heteroatoms. The second kappa shape index (κ2) is 3.09. The molecular formula is C10H11BrO. The molecule has 0 saturated heterocycles. The van der Waals surface area contributed by atoms with Gasteiger partial charge in [-0.3, -0.25) is 0 Å². The van der Waals surface area contributed by atoms with Gasteiger partial charge in [0.1, 0.15) is 5.75 Å². The number of halogens is 1. The van der Waals surface area contributed by atoms with E-state index in [0.29, 0.717) is 4.83 Å². The van der Waals surface area contributed by atoms with Gasteiger partial charge in [0.2, 0.25) is 0 Å². The van der Waals surface area contributed by atoms with Crippen molar-refractivity contribution in [3.63, 3.8) is 0 Å². The van der Waals surface area contributed by atoms with Crippen LogP contribution in [0.15, 0.2) is 18.2 Å². The molecule has 1 atom stereocenters. The van der Waals surface area contributed by atoms with E-state index in [1.165, 1.54) is 24.0 Å². The molecule has 1 aliphatic rings. The van der Waals surface area contributed by atoms with Crippen LogP contribution in [0, 0.1) is 0 Å². The first-order valence-electron chi connectivity index (χ1n) is 4.12. The third-order valence-electron chi connectivity index (χ3n) is 2.36. The van der Waals surface area contributed by atoms with E-state index in [2.05, 4.69) is 28.1 Å². The van der Waals surface area contributed by atoms with E-state index in [4.69, 9.17) is 4.74 Å². The van der Waals surface area contributed by atoms with Crippen LogP contribution >= 0.6 is 15.9 Å². The number of fused-ring (bicyclic) bond motifs is 1. The fourth-order valence-corrected chi connectivity index (χ4v) is 2.31. The number of ether oxygens (including phenoxy) is 1. The predicted molar refractivity (Wildman–Crippen MR) is 53.0 cm³/mol. The first-order valence-corrected chi connectivity index (χ1v) is 5.03. The van der Waals surface area contributed by atoms with Crippen LogP contribution in [0.1, 0.15) is 22.4 Å². The number of hydrogen-bond acceptors (Lipinski definition) is 1. The number of methoxy groups -OCH3 is 1. The molecule has 0 N–H and O–H groups in total. The van der Waals surface area contributed by atoms with Crippen LogP contribution in [0.5, 0.6) is 5.75 Å². The van der Waals surface area contributed by atoms with Gasteiger partial charge in [-0.15, -0.1) is 0 Å². The summed E-state index contributed by atoms with van der Waals surface area (Å²) in [6, 6.07) is 6.32. The standard InChI is InChI=1S/C10H11BrO/c1-12-8-4-2-7-3-5-10(11)9(7)6-8/h2,4,6,10H,3,5H2,1H3. The summed E-state index contributed by atoms with van der Waals surface area (Å²) >= 11 is 3.64. The van der Waals surface area contributed by atoms with Crippen molar-refractivity contribution in [2.75, 3.05) is 7.11 Å². The van der Waals surface area contributed by atoms with Crippen LogP contribution in [0.2, 0.25) is 0 Å². The van der Waals surface area contributed by atoms with Crippen molar-refractivity contribution in [3.05, 3.63) is 29.3 Å². The van der Waals surface area contributed by atoms with Crippen LogP contribution in [0.25, 0.3) is 0 Å². The van der Waals surface area contributed by atoms with Crippen LogP contribution in [0.3, 0.4) is 0 Å². The molecule has 0 saturated carbocycles. The van der Waals surface area contributed by atoms with Crippen LogP contribution in [0.4, 0.5) is 0 Å². The highest BCUT2D eigenvalue weighted by molar-refractivity contribution is 9.09. The third kappa shape index (κ3) is 1.24. The molecule has 1 aromatic rings. The van der Waals surface area contributed by atoms with Gasteiger partial charge in [-0.05, 0) is 36.1 Å². The zero-order valence-electron chi connectivity index (χ0n) is 7.01. The molecule has 1 aromatic carbocycles. The monoisotopic (exact) mass is 226 g/mol. The van der Waals surface area contributed by atoms with E-state index < -0.39 is 0 Å². The first kappa shape index (κ1) is 8.11. The maximum absolute atomic E-state index is 5.17. The Bertz CT molecular complexity index is 296. The Morgan fingerprint density at radius 3 is 3.08 bits per heavy atom. The minimum atomic E-state index is 0.530. The molecule has 0 fully saturated rings. The smallest absolute Gasteiger partial charge is 0.119 e. The second-order valence-electron chi connectivity index (χ2n) is 3.07. The van der Waals surface area contributed by atoms with Crippen molar-refractivity contribution >= 4 is 15.9 Å². The molecule has 0 spiro atoms. The lowest BCUT2D eigenvalue weighted by molar-refractivity contribution is 0.414. The molecule has 1 aliphatic carbocycles. The number of rotatable bonds is 1. The summed E-state index contributed by atoms with van der Waals surface area (Å²) in [7, 11) is 1.71. The van der Waals surface area contributed by atoms with Crippen molar-refractivity contribution in [1.82, 2.24) is 0 Å². The molecule has 0 aliphatic heterocycles. The zero-order chi connectivity index (χ0) is 8.55. The van der Waals surface area contributed by atoms with E-state index in [-0.39, 0.29) is 0 Å². The average Bonchev–Trinajstić information content (AvgIpc) is 2.47. The molecule has 1 unspecified atom stereocenters. The number of aryl methyl sites for hydroxylation is 1. The first-order chi connectivity index (χ1) is 5.81. The highest BCUT2D eigenvalue weighted by atomic mass is 79.9. The van der Waals surface area contributed by atoms with Crippen LogP contribution in [-0.4, -0.2) is 7.11 Å². The largest absolute Gasteiger partial charge is 0.497 e. The molecule has 0 amide bonds. The highest BCUT2D eigenvalue weighted by Gasteiger charge is 2.19. The fraction of sp³-hybridized carbons (Fsp3) is 0.400. The quantitative estimate of drug-likeness (QED) is 0.670. The van der Waals surface area contributed by atoms with Crippen LogP contribution in [-0.2, 0) is 6.42 Å². The summed E-state index contributed by atoms with van der Waals surface area (Å²) < 4.78 is 5.17. The van der Waals surface area contributed by atoms with Crippen molar-refractivity contribution in [1.29, 1.82) is 0 Å². The van der Waals surface area contributed by atoms with Gasteiger partial charge in [-0.1, -0.05) is 22.0 Å². The summed E-state index contributed by atoms with van der Waals surface area (Å²) in [6.07, 6.45) is 2.40. The lowest BCUT2D eigenvalue weighted by Gasteiger charge is -2.05. The Balaban J connectivity index is 2.43. The molecule has 0 heterocycles. The average molecular weight is 227 g/mol. The normalized spacial score (nSPS) is 20.7. The van der Waals surface area contributed by atoms with Crippen molar-refractivity contribution in [3.8, 4) is 5.75 Å². The summed E-state index contributed by atoms with van der Waals surface area (Å²) in [6.45, 7) is 0. The summed E-state index contributed by atoms with van der Waals surface area (Å²) in [5, 5.41) is 0. The van der Waals surface area contributed by atoms with Gasteiger partial charge in [0, 0.05) is 4.83 Å². The van der Waals surface area contributed by atoms with E-state index in [9.17, 15) is 0 Å². The molecule has 0 aromatic heterocycles. The zero-order valence-corrected chi connectivity index (χ0v) is 8.60. The number of alkyl halides is 1. The summed E-state index contributed by atoms with van der Waals surface area (Å²) in [5.74, 6) is 0.958. The molecule has 0 radical (unpaired) electrons. The number of benzene rings is 1. The molecule has 0 bridgehead atoms. The SMILES string of the molecule is COc1ccc2c(c1)C(Br)CC2. The topological polar surface area (TPSA) is 9.23 Å². The maximum atomic E-state index is 5.17. The van der Waals surface area contributed by atoms with E-state index >= 15 is 0 Å². The van der Waals surface area contributed by atoms with Gasteiger partial charge in [0.05, 0.1) is 7.11 Å². The van der Waals surface area contributed by atoms with E-state index in [1.807, 2.05) is 6.07 Å². The Morgan fingerprint density at radius 1 is 1.50 bits per heavy atom. The van der Waals surface area contributed by atoms with Crippen LogP contribution < -0.4 is 4.74 Å². The summed E-state index contributed by atoms with van der Waals surface area (Å²) in [5.41, 5.74) is 2.85. The van der Waals surface area contributed by atoms with Gasteiger partial charge in [-0.25, -0.2) is 0 Å². The van der Waals surface area contributed by atoms with Gasteiger partial charge < -0.3 is 4.74 Å². The Hall–Kier alpha value is -0.500. The minimum Gasteiger partial charge on any atom is -0.497 e. The minimum absolute atomic E-state index is 0.530. The third-order valence-corrected chi connectivity index (χ3v) is 3.31. The fourth-order valence-electron chi connectivity index (χ4n) is 1.66. The summed E-state index contributed by atoms with van der Waals surface area (Å²) in [4.78, 5) is 0.530. The van der Waals surface area contributed by atoms with Crippen molar-refractivity contribution < 1.29 is 4.74 Å². The predicted octanol–water partition coefficient (Wildman–Crippen LogP) is 3.08. The molecule has 12 heavy (non-hydrogen) atoms. The Kier molecular flexibility index (Phi) is 2.09. The van der Waals surface area contributed by atoms with Crippen molar-refractivity contribution in [2.24, 2.45) is 0 Å². The maximum Gasteiger partial charge on any atom is 0.119 e.